The maximum absolute atomic E-state index is 11.7. The van der Waals surface area contributed by atoms with Gasteiger partial charge in [-0.25, -0.2) is 0 Å². The van der Waals surface area contributed by atoms with Gasteiger partial charge in [-0.2, -0.15) is 0 Å². The highest BCUT2D eigenvalue weighted by Gasteiger charge is 2.16. The van der Waals surface area contributed by atoms with Crippen LogP contribution in [0.15, 0.2) is 47.1 Å². The summed E-state index contributed by atoms with van der Waals surface area (Å²) in [4.78, 5) is 11.7. The van der Waals surface area contributed by atoms with Gasteiger partial charge in [-0.15, -0.1) is 0 Å². The summed E-state index contributed by atoms with van der Waals surface area (Å²) in [5.41, 5.74) is 4.60. The van der Waals surface area contributed by atoms with Crippen LogP contribution < -0.4 is 4.74 Å². The van der Waals surface area contributed by atoms with E-state index < -0.39 is 0 Å². The molecule has 3 nitrogen and oxygen atoms in total. The summed E-state index contributed by atoms with van der Waals surface area (Å²) < 4.78 is 8.60. The van der Waals surface area contributed by atoms with Crippen LogP contribution >= 0.6 is 15.9 Å². The van der Waals surface area contributed by atoms with E-state index in [2.05, 4.69) is 15.9 Å². The Morgan fingerprint density at radius 1 is 1.23 bits per heavy atom. The number of hydrogen-bond donors (Lipinski definition) is 0. The van der Waals surface area contributed by atoms with E-state index in [-0.39, 0.29) is 0 Å². The summed E-state index contributed by atoms with van der Waals surface area (Å²) in [6.45, 7) is 4.57. The maximum Gasteiger partial charge on any atom is 0.167 e. The fourth-order valence-electron chi connectivity index (χ4n) is 2.69. The summed E-state index contributed by atoms with van der Waals surface area (Å²) in [7, 11) is 0. The average molecular weight is 358 g/mol. The molecular weight excluding hydrogens is 342 g/mol. The van der Waals surface area contributed by atoms with Crippen LogP contribution in [-0.4, -0.2) is 17.3 Å². The third-order valence-corrected chi connectivity index (χ3v) is 4.20. The normalized spacial score (nSPS) is 10.9. The number of carbonyl (C=O) groups is 1. The summed E-state index contributed by atoms with van der Waals surface area (Å²) >= 11 is 3.50. The molecule has 0 aliphatic rings. The van der Waals surface area contributed by atoms with Gasteiger partial charge in [-0.05, 0) is 49.7 Å². The van der Waals surface area contributed by atoms with Crippen LogP contribution in [0.3, 0.4) is 0 Å². The Labute approximate surface area is 137 Å². The van der Waals surface area contributed by atoms with Gasteiger partial charge >= 0.3 is 0 Å². The fraction of sp³-hybridized carbons (Fsp3) is 0.167. The molecule has 0 aliphatic carbocycles. The Balaban J connectivity index is 2.33. The van der Waals surface area contributed by atoms with Crippen molar-refractivity contribution in [1.82, 2.24) is 4.40 Å². The molecule has 0 atom stereocenters. The van der Waals surface area contributed by atoms with Gasteiger partial charge in [-0.1, -0.05) is 22.0 Å². The van der Waals surface area contributed by atoms with Gasteiger partial charge in [0, 0.05) is 27.3 Å². The first-order valence-corrected chi connectivity index (χ1v) is 7.93. The van der Waals surface area contributed by atoms with Crippen molar-refractivity contribution in [2.45, 2.75) is 13.8 Å². The number of nitrogens with zero attached hydrogens (tertiary/aromatic N) is 1. The Bertz CT molecular complexity index is 852. The maximum atomic E-state index is 11.7. The Morgan fingerprint density at radius 3 is 2.77 bits per heavy atom. The Kier molecular flexibility index (Phi) is 4.03. The van der Waals surface area contributed by atoms with Crippen LogP contribution in [0.1, 0.15) is 23.0 Å². The van der Waals surface area contributed by atoms with Gasteiger partial charge in [0.15, 0.2) is 6.29 Å². The van der Waals surface area contributed by atoms with Gasteiger partial charge in [0.25, 0.3) is 0 Å². The number of ether oxygens (including phenoxy) is 1. The Morgan fingerprint density at radius 2 is 2.05 bits per heavy atom. The molecule has 2 aromatic heterocycles. The second-order valence-electron chi connectivity index (χ2n) is 5.08. The van der Waals surface area contributed by atoms with Crippen molar-refractivity contribution >= 4 is 27.7 Å². The molecule has 3 aromatic rings. The molecular formula is C18H16BrNO2. The molecule has 4 heteroatoms. The molecule has 0 N–H and O–H groups in total. The predicted molar refractivity (Wildman–Crippen MR) is 91.8 cm³/mol. The lowest BCUT2D eigenvalue weighted by Crippen LogP contribution is -1.96. The average Bonchev–Trinajstić information content (AvgIpc) is 2.89. The molecule has 0 spiro atoms. The van der Waals surface area contributed by atoms with E-state index in [9.17, 15) is 4.79 Å². The van der Waals surface area contributed by atoms with Crippen LogP contribution in [0.2, 0.25) is 0 Å². The third kappa shape index (κ3) is 2.44. The van der Waals surface area contributed by atoms with Gasteiger partial charge in [0.05, 0.1) is 12.3 Å². The number of fused-ring (bicyclic) bond motifs is 1. The molecule has 1 aromatic carbocycles. The SMILES string of the molecule is CCOc1ccc(Br)cc1-c1cc2c(C)cccn2c1C=O. The molecule has 0 amide bonds. The highest BCUT2D eigenvalue weighted by atomic mass is 79.9. The zero-order valence-corrected chi connectivity index (χ0v) is 14.1. The molecule has 3 rings (SSSR count). The highest BCUT2D eigenvalue weighted by molar-refractivity contribution is 9.10. The number of rotatable bonds is 4. The molecule has 0 unspecified atom stereocenters. The number of carbonyl (C=O) groups excluding carboxylic acids is 1. The smallest absolute Gasteiger partial charge is 0.167 e. The van der Waals surface area contributed by atoms with Gasteiger partial charge in [0.1, 0.15) is 5.75 Å². The number of halogens is 1. The van der Waals surface area contributed by atoms with Crippen LogP contribution in [-0.2, 0) is 0 Å². The number of aryl methyl sites for hydroxylation is 1. The number of hydrogen-bond acceptors (Lipinski definition) is 2. The zero-order valence-electron chi connectivity index (χ0n) is 12.5. The van der Waals surface area contributed by atoms with Crippen molar-refractivity contribution in [2.24, 2.45) is 0 Å². The van der Waals surface area contributed by atoms with Crippen LogP contribution in [0.4, 0.5) is 0 Å². The fourth-order valence-corrected chi connectivity index (χ4v) is 3.05. The Hall–Kier alpha value is -2.07. The van der Waals surface area contributed by atoms with Crippen molar-refractivity contribution in [3.8, 4) is 16.9 Å². The summed E-state index contributed by atoms with van der Waals surface area (Å²) in [5, 5.41) is 0. The van der Waals surface area contributed by atoms with Gasteiger partial charge in [-0.3, -0.25) is 4.79 Å². The van der Waals surface area contributed by atoms with E-state index in [1.54, 1.807) is 0 Å². The number of benzene rings is 1. The van der Waals surface area contributed by atoms with Gasteiger partial charge in [0.2, 0.25) is 0 Å². The van der Waals surface area contributed by atoms with E-state index in [0.717, 1.165) is 38.7 Å². The minimum absolute atomic E-state index is 0.581. The molecule has 0 fully saturated rings. The summed E-state index contributed by atoms with van der Waals surface area (Å²) in [5.74, 6) is 0.780. The molecule has 0 aliphatic heterocycles. The lowest BCUT2D eigenvalue weighted by Gasteiger charge is -2.10. The molecule has 2 heterocycles. The van der Waals surface area contributed by atoms with Crippen molar-refractivity contribution in [1.29, 1.82) is 0 Å². The lowest BCUT2D eigenvalue weighted by molar-refractivity contribution is 0.111. The number of aldehydes is 1. The number of pyridine rings is 1. The van der Waals surface area contributed by atoms with Crippen LogP contribution in [0.5, 0.6) is 5.75 Å². The molecule has 0 bridgehead atoms. The van der Waals surface area contributed by atoms with Crippen molar-refractivity contribution < 1.29 is 9.53 Å². The summed E-state index contributed by atoms with van der Waals surface area (Å²) in [6, 6.07) is 11.9. The second kappa shape index (κ2) is 5.97. The highest BCUT2D eigenvalue weighted by Crippen LogP contribution is 2.36. The van der Waals surface area contributed by atoms with E-state index >= 15 is 0 Å². The standard InChI is InChI=1S/C18H16BrNO2/c1-3-22-18-7-6-13(19)9-15(18)14-10-16-12(2)5-4-8-20(16)17(14)11-21/h4-11H,3H2,1-2H3. The lowest BCUT2D eigenvalue weighted by atomic mass is 10.0. The van der Waals surface area contributed by atoms with Crippen molar-refractivity contribution in [2.75, 3.05) is 6.61 Å². The molecule has 0 radical (unpaired) electrons. The third-order valence-electron chi connectivity index (χ3n) is 3.70. The van der Waals surface area contributed by atoms with E-state index in [1.165, 1.54) is 0 Å². The first-order valence-electron chi connectivity index (χ1n) is 7.14. The summed E-state index contributed by atoms with van der Waals surface area (Å²) in [6.07, 6.45) is 2.81. The minimum Gasteiger partial charge on any atom is -0.493 e. The first kappa shape index (κ1) is 14.9. The molecule has 22 heavy (non-hydrogen) atoms. The number of aromatic nitrogens is 1. The topological polar surface area (TPSA) is 30.7 Å². The van der Waals surface area contributed by atoms with Crippen LogP contribution in [0, 0.1) is 6.92 Å². The van der Waals surface area contributed by atoms with E-state index in [0.29, 0.717) is 12.3 Å². The molecule has 0 saturated carbocycles. The quantitative estimate of drug-likeness (QED) is 0.622. The molecule has 112 valence electrons. The first-order chi connectivity index (χ1) is 10.7. The second-order valence-corrected chi connectivity index (χ2v) is 6.00. The van der Waals surface area contributed by atoms with Gasteiger partial charge < -0.3 is 9.14 Å². The zero-order chi connectivity index (χ0) is 15.7. The largest absolute Gasteiger partial charge is 0.493 e. The van der Waals surface area contributed by atoms with Crippen LogP contribution in [0.25, 0.3) is 16.6 Å². The predicted octanol–water partition coefficient (Wildman–Crippen LogP) is 4.89. The molecule has 0 saturated heterocycles. The van der Waals surface area contributed by atoms with Crippen molar-refractivity contribution in [3.05, 3.63) is 58.3 Å². The monoisotopic (exact) mass is 357 g/mol. The van der Waals surface area contributed by atoms with E-state index in [4.69, 9.17) is 4.74 Å². The minimum atomic E-state index is 0.581. The van der Waals surface area contributed by atoms with E-state index in [1.807, 2.05) is 60.8 Å². The van der Waals surface area contributed by atoms with Crippen molar-refractivity contribution in [3.63, 3.8) is 0 Å².